The summed E-state index contributed by atoms with van der Waals surface area (Å²) in [5, 5.41) is 16.3. The van der Waals surface area contributed by atoms with Crippen LogP contribution in [0.25, 0.3) is 0 Å². The number of nitrogens with zero attached hydrogens (tertiary/aromatic N) is 1. The molecule has 0 aliphatic rings. The number of carbonyl (C=O) groups excluding carboxylic acids is 2. The van der Waals surface area contributed by atoms with Crippen LogP contribution >= 0.6 is 0 Å². The predicted octanol–water partition coefficient (Wildman–Crippen LogP) is 3.73. The molecule has 7 heteroatoms. The Labute approximate surface area is 174 Å². The number of hydrogen-bond acceptors (Lipinski definition) is 5. The van der Waals surface area contributed by atoms with Gasteiger partial charge in [-0.2, -0.15) is 5.10 Å². The summed E-state index contributed by atoms with van der Waals surface area (Å²) in [5.41, 5.74) is 5.54. The fraction of sp³-hybridized carbons (Fsp3) is 0.0870. The predicted molar refractivity (Wildman–Crippen MR) is 115 cm³/mol. The molecular formula is C23H21N3O4. The molecule has 0 radical (unpaired) electrons. The van der Waals surface area contributed by atoms with Crippen LogP contribution in [0.1, 0.15) is 31.8 Å². The van der Waals surface area contributed by atoms with Crippen molar-refractivity contribution in [3.8, 4) is 11.5 Å². The first-order valence-corrected chi connectivity index (χ1v) is 9.15. The number of hydrazone groups is 1. The smallest absolute Gasteiger partial charge is 0.271 e. The summed E-state index contributed by atoms with van der Waals surface area (Å²) in [6.45, 7) is 1.87. The van der Waals surface area contributed by atoms with Crippen LogP contribution in [0.3, 0.4) is 0 Å². The van der Waals surface area contributed by atoms with E-state index in [1.807, 2.05) is 25.1 Å². The van der Waals surface area contributed by atoms with E-state index < -0.39 is 5.91 Å². The number of methoxy groups -OCH3 is 1. The Balaban J connectivity index is 1.60. The van der Waals surface area contributed by atoms with Gasteiger partial charge < -0.3 is 15.2 Å². The quantitative estimate of drug-likeness (QED) is 0.431. The first kappa shape index (κ1) is 20.6. The fourth-order valence-corrected chi connectivity index (χ4v) is 2.74. The minimum absolute atomic E-state index is 0.0216. The number of anilines is 1. The zero-order valence-electron chi connectivity index (χ0n) is 16.5. The van der Waals surface area contributed by atoms with Crippen molar-refractivity contribution in [2.24, 2.45) is 5.10 Å². The molecule has 0 aliphatic carbocycles. The Kier molecular flexibility index (Phi) is 6.44. The van der Waals surface area contributed by atoms with Crippen LogP contribution in [-0.4, -0.2) is 30.2 Å². The number of aryl methyl sites for hydroxylation is 1. The van der Waals surface area contributed by atoms with E-state index >= 15 is 0 Å². The summed E-state index contributed by atoms with van der Waals surface area (Å²) in [5.74, 6) is -0.269. The minimum Gasteiger partial charge on any atom is -0.504 e. The van der Waals surface area contributed by atoms with Crippen LogP contribution in [0.4, 0.5) is 5.69 Å². The summed E-state index contributed by atoms with van der Waals surface area (Å²) in [6, 6.07) is 18.5. The van der Waals surface area contributed by atoms with Crippen molar-refractivity contribution < 1.29 is 19.4 Å². The zero-order valence-corrected chi connectivity index (χ0v) is 16.5. The summed E-state index contributed by atoms with van der Waals surface area (Å²) < 4.78 is 5.03. The fourth-order valence-electron chi connectivity index (χ4n) is 2.74. The van der Waals surface area contributed by atoms with Crippen molar-refractivity contribution in [1.82, 2.24) is 5.43 Å². The highest BCUT2D eigenvalue weighted by molar-refractivity contribution is 6.05. The highest BCUT2D eigenvalue weighted by atomic mass is 16.5. The Morgan fingerprint density at radius 1 is 1.00 bits per heavy atom. The van der Waals surface area contributed by atoms with Gasteiger partial charge in [0, 0.05) is 16.8 Å². The van der Waals surface area contributed by atoms with Gasteiger partial charge >= 0.3 is 0 Å². The van der Waals surface area contributed by atoms with Crippen LogP contribution < -0.4 is 15.5 Å². The molecule has 0 bridgehead atoms. The highest BCUT2D eigenvalue weighted by Gasteiger charge is 2.09. The Hall–Kier alpha value is -4.13. The zero-order chi connectivity index (χ0) is 21.5. The Morgan fingerprint density at radius 3 is 2.43 bits per heavy atom. The van der Waals surface area contributed by atoms with Gasteiger partial charge in [0.25, 0.3) is 11.8 Å². The molecule has 152 valence electrons. The molecule has 0 spiro atoms. The Bertz CT molecular complexity index is 1090. The monoisotopic (exact) mass is 403 g/mol. The normalized spacial score (nSPS) is 10.6. The third kappa shape index (κ3) is 5.02. The molecular weight excluding hydrogens is 382 g/mol. The standard InChI is InChI=1S/C23H21N3O4/c1-15-5-3-4-6-19(15)23(29)25-18-10-8-17(9-11-18)22(28)26-24-14-16-7-12-20(27)21(13-16)30-2/h3-14,27H,1-2H3,(H,25,29)(H,26,28). The van der Waals surface area contributed by atoms with Crippen LogP contribution in [0, 0.1) is 6.92 Å². The number of benzene rings is 3. The summed E-state index contributed by atoms with van der Waals surface area (Å²) in [6.07, 6.45) is 1.44. The molecule has 3 rings (SSSR count). The van der Waals surface area contributed by atoms with Gasteiger partial charge in [0.15, 0.2) is 11.5 Å². The third-order valence-electron chi connectivity index (χ3n) is 4.38. The molecule has 2 amide bonds. The van der Waals surface area contributed by atoms with Gasteiger partial charge in [0.05, 0.1) is 13.3 Å². The molecule has 0 aromatic heterocycles. The van der Waals surface area contributed by atoms with Crippen molar-refractivity contribution >= 4 is 23.7 Å². The number of hydrogen-bond donors (Lipinski definition) is 3. The molecule has 0 saturated heterocycles. The van der Waals surface area contributed by atoms with E-state index in [1.165, 1.54) is 19.4 Å². The molecule has 3 aromatic carbocycles. The van der Waals surface area contributed by atoms with E-state index in [9.17, 15) is 14.7 Å². The van der Waals surface area contributed by atoms with E-state index in [0.29, 0.717) is 28.1 Å². The molecule has 0 aliphatic heterocycles. The highest BCUT2D eigenvalue weighted by Crippen LogP contribution is 2.25. The number of phenols is 1. The molecule has 0 heterocycles. The average Bonchev–Trinajstić information content (AvgIpc) is 2.75. The van der Waals surface area contributed by atoms with E-state index in [1.54, 1.807) is 42.5 Å². The van der Waals surface area contributed by atoms with Crippen molar-refractivity contribution in [3.05, 3.63) is 89.0 Å². The summed E-state index contributed by atoms with van der Waals surface area (Å²) in [4.78, 5) is 24.6. The first-order chi connectivity index (χ1) is 14.5. The van der Waals surface area contributed by atoms with E-state index in [-0.39, 0.29) is 11.7 Å². The molecule has 0 saturated carbocycles. The molecule has 0 unspecified atom stereocenters. The topological polar surface area (TPSA) is 100 Å². The van der Waals surface area contributed by atoms with Gasteiger partial charge in [-0.1, -0.05) is 18.2 Å². The number of amides is 2. The van der Waals surface area contributed by atoms with Gasteiger partial charge in [-0.25, -0.2) is 5.43 Å². The maximum Gasteiger partial charge on any atom is 0.271 e. The number of rotatable bonds is 6. The second kappa shape index (κ2) is 9.38. The van der Waals surface area contributed by atoms with Gasteiger partial charge in [0.1, 0.15) is 0 Å². The van der Waals surface area contributed by atoms with Crippen molar-refractivity contribution in [2.45, 2.75) is 6.92 Å². The first-order valence-electron chi connectivity index (χ1n) is 9.15. The lowest BCUT2D eigenvalue weighted by molar-refractivity contribution is 0.0954. The van der Waals surface area contributed by atoms with Gasteiger partial charge in [-0.05, 0) is 66.6 Å². The Morgan fingerprint density at radius 2 is 1.73 bits per heavy atom. The molecule has 7 nitrogen and oxygen atoms in total. The third-order valence-corrected chi connectivity index (χ3v) is 4.38. The van der Waals surface area contributed by atoms with Crippen LogP contribution in [-0.2, 0) is 0 Å². The lowest BCUT2D eigenvalue weighted by atomic mass is 10.1. The summed E-state index contributed by atoms with van der Waals surface area (Å²) in [7, 11) is 1.45. The number of aromatic hydroxyl groups is 1. The maximum atomic E-state index is 12.4. The largest absolute Gasteiger partial charge is 0.504 e. The van der Waals surface area contributed by atoms with Crippen LogP contribution in [0.2, 0.25) is 0 Å². The second-order valence-corrected chi connectivity index (χ2v) is 6.48. The molecule has 3 aromatic rings. The number of phenolic OH excluding ortho intramolecular Hbond substituents is 1. The molecule has 0 atom stereocenters. The minimum atomic E-state index is -0.395. The van der Waals surface area contributed by atoms with Crippen molar-refractivity contribution in [3.63, 3.8) is 0 Å². The van der Waals surface area contributed by atoms with E-state index in [2.05, 4.69) is 15.8 Å². The lowest BCUT2D eigenvalue weighted by Gasteiger charge is -2.08. The van der Waals surface area contributed by atoms with Gasteiger partial charge in [-0.3, -0.25) is 9.59 Å². The van der Waals surface area contributed by atoms with Gasteiger partial charge in [0.2, 0.25) is 0 Å². The second-order valence-electron chi connectivity index (χ2n) is 6.48. The maximum absolute atomic E-state index is 12.4. The van der Waals surface area contributed by atoms with Crippen LogP contribution in [0.5, 0.6) is 11.5 Å². The lowest BCUT2D eigenvalue weighted by Crippen LogP contribution is -2.18. The number of nitrogens with one attached hydrogen (secondary N) is 2. The van der Waals surface area contributed by atoms with Crippen LogP contribution in [0.15, 0.2) is 71.8 Å². The number of carbonyl (C=O) groups is 2. The summed E-state index contributed by atoms with van der Waals surface area (Å²) >= 11 is 0. The number of ether oxygens (including phenoxy) is 1. The van der Waals surface area contributed by atoms with Crippen molar-refractivity contribution in [2.75, 3.05) is 12.4 Å². The SMILES string of the molecule is COc1cc(C=NNC(=O)c2ccc(NC(=O)c3ccccc3C)cc2)ccc1O. The van der Waals surface area contributed by atoms with E-state index in [4.69, 9.17) is 4.74 Å². The van der Waals surface area contributed by atoms with Crippen molar-refractivity contribution in [1.29, 1.82) is 0 Å². The average molecular weight is 403 g/mol. The molecule has 0 fully saturated rings. The van der Waals surface area contributed by atoms with Gasteiger partial charge in [-0.15, -0.1) is 0 Å². The van der Waals surface area contributed by atoms with E-state index in [0.717, 1.165) is 5.56 Å². The molecule has 3 N–H and O–H groups in total. The molecule has 30 heavy (non-hydrogen) atoms.